The summed E-state index contributed by atoms with van der Waals surface area (Å²) in [6.07, 6.45) is 1.23. The molecule has 3 nitrogen and oxygen atoms in total. The number of hydrogen-bond acceptors (Lipinski definition) is 3. The maximum atomic E-state index is 6.19. The quantitative estimate of drug-likeness (QED) is 0.866. The van der Waals surface area contributed by atoms with Crippen LogP contribution in [-0.2, 0) is 0 Å². The third kappa shape index (κ3) is 4.27. The number of halogens is 1. The number of anilines is 1. The van der Waals surface area contributed by atoms with Crippen LogP contribution < -0.4 is 15.0 Å². The summed E-state index contributed by atoms with van der Waals surface area (Å²) in [6.45, 7) is 10.9. The Morgan fingerprint density at radius 1 is 1.43 bits per heavy atom. The molecule has 1 heterocycles. The molecule has 1 fully saturated rings. The van der Waals surface area contributed by atoms with Gasteiger partial charge in [0.2, 0.25) is 0 Å². The van der Waals surface area contributed by atoms with Gasteiger partial charge in [0.25, 0.3) is 0 Å². The van der Waals surface area contributed by atoms with Crippen molar-refractivity contribution in [2.75, 3.05) is 38.2 Å². The van der Waals surface area contributed by atoms with Gasteiger partial charge in [0, 0.05) is 24.2 Å². The van der Waals surface area contributed by atoms with Gasteiger partial charge in [0.15, 0.2) is 0 Å². The molecule has 0 aliphatic carbocycles. The summed E-state index contributed by atoms with van der Waals surface area (Å²) in [4.78, 5) is 2.42. The Labute approximate surface area is 133 Å². The summed E-state index contributed by atoms with van der Waals surface area (Å²) < 4.78 is 5.50. The molecular formula is C17H27ClN2O. The predicted molar refractivity (Wildman–Crippen MR) is 90.8 cm³/mol. The normalized spacial score (nSPS) is 18.6. The van der Waals surface area contributed by atoms with Crippen LogP contribution in [0.2, 0.25) is 5.02 Å². The molecule has 1 aromatic rings. The van der Waals surface area contributed by atoms with E-state index in [1.165, 1.54) is 12.1 Å². The zero-order valence-corrected chi connectivity index (χ0v) is 14.3. The summed E-state index contributed by atoms with van der Waals surface area (Å²) in [5, 5.41) is 4.34. The fourth-order valence-electron chi connectivity index (χ4n) is 2.85. The monoisotopic (exact) mass is 310 g/mol. The zero-order valence-electron chi connectivity index (χ0n) is 13.6. The molecule has 0 saturated carbocycles. The molecular weight excluding hydrogens is 284 g/mol. The molecule has 0 spiro atoms. The second-order valence-corrected chi connectivity index (χ2v) is 6.83. The van der Waals surface area contributed by atoms with E-state index in [4.69, 9.17) is 16.3 Å². The van der Waals surface area contributed by atoms with E-state index in [1.54, 1.807) is 7.11 Å². The lowest BCUT2D eigenvalue weighted by atomic mass is 10.1. The van der Waals surface area contributed by atoms with Crippen LogP contribution in [0.25, 0.3) is 0 Å². The summed E-state index contributed by atoms with van der Waals surface area (Å²) in [5.74, 6) is 2.30. The minimum atomic E-state index is 0.710. The molecule has 21 heavy (non-hydrogen) atoms. The van der Waals surface area contributed by atoms with Gasteiger partial charge < -0.3 is 15.0 Å². The first-order chi connectivity index (χ1) is 10.0. The van der Waals surface area contributed by atoms with Crippen LogP contribution >= 0.6 is 11.6 Å². The average molecular weight is 311 g/mol. The van der Waals surface area contributed by atoms with Crippen LogP contribution in [-0.4, -0.2) is 33.3 Å². The van der Waals surface area contributed by atoms with Crippen LogP contribution in [0.1, 0.15) is 25.8 Å². The number of aryl methyl sites for hydroxylation is 1. The fourth-order valence-corrected chi connectivity index (χ4v) is 3.01. The Hall–Kier alpha value is -0.930. The van der Waals surface area contributed by atoms with Gasteiger partial charge in [0.05, 0.1) is 12.8 Å². The minimum Gasteiger partial charge on any atom is -0.495 e. The van der Waals surface area contributed by atoms with E-state index >= 15 is 0 Å². The molecule has 0 bridgehead atoms. The second kappa shape index (κ2) is 7.37. The van der Waals surface area contributed by atoms with E-state index in [2.05, 4.69) is 30.1 Å². The highest BCUT2D eigenvalue weighted by Gasteiger charge is 2.25. The lowest BCUT2D eigenvalue weighted by molar-refractivity contribution is 0.414. The third-order valence-corrected chi connectivity index (χ3v) is 4.48. The first-order valence-corrected chi connectivity index (χ1v) is 8.18. The van der Waals surface area contributed by atoms with Crippen molar-refractivity contribution in [1.82, 2.24) is 5.32 Å². The second-order valence-electron chi connectivity index (χ2n) is 6.43. The number of nitrogens with one attached hydrogen (secondary N) is 1. The van der Waals surface area contributed by atoms with Gasteiger partial charge in [-0.2, -0.15) is 0 Å². The molecule has 0 aromatic heterocycles. The Kier molecular flexibility index (Phi) is 5.77. The Morgan fingerprint density at radius 2 is 2.19 bits per heavy atom. The molecule has 1 aromatic carbocycles. The van der Waals surface area contributed by atoms with Crippen molar-refractivity contribution in [2.24, 2.45) is 11.8 Å². The number of ether oxygens (including phenoxy) is 1. The predicted octanol–water partition coefficient (Wildman–Crippen LogP) is 3.73. The highest BCUT2D eigenvalue weighted by Crippen LogP contribution is 2.36. The fraction of sp³-hybridized carbons (Fsp3) is 0.647. The van der Waals surface area contributed by atoms with Crippen molar-refractivity contribution in [3.8, 4) is 5.75 Å². The molecule has 118 valence electrons. The van der Waals surface area contributed by atoms with Crippen molar-refractivity contribution < 1.29 is 4.74 Å². The minimum absolute atomic E-state index is 0.710. The van der Waals surface area contributed by atoms with E-state index in [1.807, 2.05) is 13.0 Å². The largest absolute Gasteiger partial charge is 0.495 e. The van der Waals surface area contributed by atoms with Crippen LogP contribution in [0.5, 0.6) is 5.75 Å². The first-order valence-electron chi connectivity index (χ1n) is 7.81. The standard InChI is InChI=1S/C17H27ClN2O/c1-12(2)9-19-10-14-5-6-20(11-14)16-7-13(3)15(18)8-17(16)21-4/h7-8,12,14,19H,5-6,9-11H2,1-4H3. The Bertz CT molecular complexity index is 476. The lowest BCUT2D eigenvalue weighted by Gasteiger charge is -2.22. The number of rotatable bonds is 6. The highest BCUT2D eigenvalue weighted by atomic mass is 35.5. The summed E-state index contributed by atoms with van der Waals surface area (Å²) in [6, 6.07) is 4.07. The highest BCUT2D eigenvalue weighted by molar-refractivity contribution is 6.31. The van der Waals surface area contributed by atoms with Crippen molar-refractivity contribution in [1.29, 1.82) is 0 Å². The van der Waals surface area contributed by atoms with E-state index in [9.17, 15) is 0 Å². The topological polar surface area (TPSA) is 24.5 Å². The van der Waals surface area contributed by atoms with Gasteiger partial charge in [-0.05, 0) is 49.9 Å². The third-order valence-electron chi connectivity index (χ3n) is 4.07. The van der Waals surface area contributed by atoms with Crippen LogP contribution in [0.3, 0.4) is 0 Å². The van der Waals surface area contributed by atoms with Crippen LogP contribution in [0, 0.1) is 18.8 Å². The number of nitrogens with zero attached hydrogens (tertiary/aromatic N) is 1. The number of hydrogen-bond donors (Lipinski definition) is 1. The van der Waals surface area contributed by atoms with Crippen molar-refractivity contribution in [2.45, 2.75) is 27.2 Å². The van der Waals surface area contributed by atoms with Gasteiger partial charge in [0.1, 0.15) is 5.75 Å². The van der Waals surface area contributed by atoms with E-state index in [0.29, 0.717) is 11.8 Å². The smallest absolute Gasteiger partial charge is 0.143 e. The molecule has 1 N–H and O–H groups in total. The van der Waals surface area contributed by atoms with E-state index in [0.717, 1.165) is 42.5 Å². The molecule has 1 saturated heterocycles. The molecule has 1 aliphatic heterocycles. The van der Waals surface area contributed by atoms with Crippen molar-refractivity contribution in [3.63, 3.8) is 0 Å². The van der Waals surface area contributed by atoms with Crippen molar-refractivity contribution >= 4 is 17.3 Å². The summed E-state index contributed by atoms with van der Waals surface area (Å²) in [5.41, 5.74) is 2.28. The molecule has 1 unspecified atom stereocenters. The summed E-state index contributed by atoms with van der Waals surface area (Å²) >= 11 is 6.19. The zero-order chi connectivity index (χ0) is 15.4. The van der Waals surface area contributed by atoms with Gasteiger partial charge in [-0.25, -0.2) is 0 Å². The van der Waals surface area contributed by atoms with Gasteiger partial charge in [-0.15, -0.1) is 0 Å². The Morgan fingerprint density at radius 3 is 2.86 bits per heavy atom. The van der Waals surface area contributed by atoms with Gasteiger partial charge in [-0.3, -0.25) is 0 Å². The Balaban J connectivity index is 1.99. The first kappa shape index (κ1) is 16.4. The van der Waals surface area contributed by atoms with Crippen LogP contribution in [0.15, 0.2) is 12.1 Å². The van der Waals surface area contributed by atoms with Gasteiger partial charge in [-0.1, -0.05) is 25.4 Å². The molecule has 0 amide bonds. The SMILES string of the molecule is COc1cc(Cl)c(C)cc1N1CCC(CNCC(C)C)C1. The number of methoxy groups -OCH3 is 1. The molecule has 1 atom stereocenters. The molecule has 1 aliphatic rings. The van der Waals surface area contributed by atoms with Crippen molar-refractivity contribution in [3.05, 3.63) is 22.7 Å². The lowest BCUT2D eigenvalue weighted by Crippen LogP contribution is -2.28. The maximum Gasteiger partial charge on any atom is 0.143 e. The summed E-state index contributed by atoms with van der Waals surface area (Å²) in [7, 11) is 1.71. The molecule has 4 heteroatoms. The molecule has 2 rings (SSSR count). The van der Waals surface area contributed by atoms with Crippen LogP contribution in [0.4, 0.5) is 5.69 Å². The van der Waals surface area contributed by atoms with Gasteiger partial charge >= 0.3 is 0 Å². The maximum absolute atomic E-state index is 6.19. The number of benzene rings is 1. The average Bonchev–Trinajstić information content (AvgIpc) is 2.89. The van der Waals surface area contributed by atoms with E-state index < -0.39 is 0 Å². The van der Waals surface area contributed by atoms with E-state index in [-0.39, 0.29) is 0 Å². The molecule has 0 radical (unpaired) electrons.